The molecule has 0 atom stereocenters. The number of hydrogen-bond acceptors (Lipinski definition) is 3. The summed E-state index contributed by atoms with van der Waals surface area (Å²) in [5.74, 6) is 0. The highest BCUT2D eigenvalue weighted by atomic mass is 32.1. The van der Waals surface area contributed by atoms with Crippen LogP contribution in [0.4, 0.5) is 0 Å². The third-order valence-electron chi connectivity index (χ3n) is 2.10. The second-order valence-corrected chi connectivity index (χ2v) is 4.91. The van der Waals surface area contributed by atoms with E-state index in [1.54, 1.807) is 18.4 Å². The molecule has 1 aromatic heterocycles. The first-order valence-electron chi connectivity index (χ1n) is 4.89. The molecular weight excluding hydrogens is 194 g/mol. The fraction of sp³-hybridized carbons (Fsp3) is 0.636. The average molecular weight is 213 g/mol. The van der Waals surface area contributed by atoms with Crippen molar-refractivity contribution in [2.75, 3.05) is 20.3 Å². The van der Waals surface area contributed by atoms with Gasteiger partial charge in [0, 0.05) is 12.6 Å². The summed E-state index contributed by atoms with van der Waals surface area (Å²) in [5, 5.41) is 7.80. The van der Waals surface area contributed by atoms with Crippen molar-refractivity contribution in [1.82, 2.24) is 5.32 Å². The molecule has 1 aromatic rings. The molecule has 0 aliphatic carbocycles. The predicted molar refractivity (Wildman–Crippen MR) is 62.0 cm³/mol. The van der Waals surface area contributed by atoms with Gasteiger partial charge in [-0.1, -0.05) is 0 Å². The van der Waals surface area contributed by atoms with Crippen molar-refractivity contribution in [3.05, 3.63) is 22.4 Å². The molecule has 0 saturated carbocycles. The number of hydrogen-bond donors (Lipinski definition) is 1. The highest BCUT2D eigenvalue weighted by Gasteiger charge is 2.15. The molecule has 0 unspecified atom stereocenters. The van der Waals surface area contributed by atoms with E-state index in [9.17, 15) is 0 Å². The standard InChI is InChI=1S/C11H19NOS/c1-11(2,9-13-3)12-6-4-10-5-7-14-8-10/h5,7-8,12H,4,6,9H2,1-3H3. The maximum atomic E-state index is 5.13. The lowest BCUT2D eigenvalue weighted by atomic mass is 10.1. The van der Waals surface area contributed by atoms with Gasteiger partial charge in [-0.15, -0.1) is 0 Å². The Kier molecular flexibility index (Phi) is 4.58. The Balaban J connectivity index is 2.20. The van der Waals surface area contributed by atoms with Gasteiger partial charge in [-0.05, 0) is 49.2 Å². The monoisotopic (exact) mass is 213 g/mol. The van der Waals surface area contributed by atoms with Crippen LogP contribution in [0.2, 0.25) is 0 Å². The highest BCUT2D eigenvalue weighted by Crippen LogP contribution is 2.07. The van der Waals surface area contributed by atoms with Gasteiger partial charge in [0.15, 0.2) is 0 Å². The van der Waals surface area contributed by atoms with E-state index in [1.165, 1.54) is 5.56 Å². The van der Waals surface area contributed by atoms with Crippen LogP contribution in [-0.4, -0.2) is 25.8 Å². The minimum atomic E-state index is 0.0742. The Morgan fingerprint density at radius 1 is 1.50 bits per heavy atom. The molecule has 0 aliphatic heterocycles. The van der Waals surface area contributed by atoms with Crippen LogP contribution in [0.5, 0.6) is 0 Å². The summed E-state index contributed by atoms with van der Waals surface area (Å²) in [6.45, 7) is 6.07. The van der Waals surface area contributed by atoms with Gasteiger partial charge < -0.3 is 10.1 Å². The van der Waals surface area contributed by atoms with Crippen LogP contribution in [0.3, 0.4) is 0 Å². The number of rotatable bonds is 6. The molecule has 1 heterocycles. The molecule has 1 N–H and O–H groups in total. The van der Waals surface area contributed by atoms with Gasteiger partial charge >= 0.3 is 0 Å². The highest BCUT2D eigenvalue weighted by molar-refractivity contribution is 7.07. The normalized spacial score (nSPS) is 11.9. The fourth-order valence-corrected chi connectivity index (χ4v) is 2.10. The maximum Gasteiger partial charge on any atom is 0.0639 e. The van der Waals surface area contributed by atoms with E-state index in [1.807, 2.05) is 0 Å². The zero-order valence-corrected chi connectivity index (χ0v) is 9.99. The lowest BCUT2D eigenvalue weighted by molar-refractivity contribution is 0.129. The van der Waals surface area contributed by atoms with Crippen LogP contribution in [0.15, 0.2) is 16.8 Å². The summed E-state index contributed by atoms with van der Waals surface area (Å²) in [6, 6.07) is 2.18. The first-order valence-corrected chi connectivity index (χ1v) is 5.83. The molecular formula is C11H19NOS. The summed E-state index contributed by atoms with van der Waals surface area (Å²) in [5.41, 5.74) is 1.49. The summed E-state index contributed by atoms with van der Waals surface area (Å²) in [6.07, 6.45) is 1.09. The van der Waals surface area contributed by atoms with Gasteiger partial charge in [0.05, 0.1) is 6.61 Å². The maximum absolute atomic E-state index is 5.13. The average Bonchev–Trinajstić information content (AvgIpc) is 2.56. The fourth-order valence-electron chi connectivity index (χ4n) is 1.39. The van der Waals surface area contributed by atoms with Crippen molar-refractivity contribution in [3.8, 4) is 0 Å². The lowest BCUT2D eigenvalue weighted by Gasteiger charge is -2.25. The molecule has 0 amide bonds. The van der Waals surface area contributed by atoms with E-state index >= 15 is 0 Å². The largest absolute Gasteiger partial charge is 0.383 e. The Morgan fingerprint density at radius 2 is 2.29 bits per heavy atom. The van der Waals surface area contributed by atoms with Gasteiger partial charge in [0.2, 0.25) is 0 Å². The Morgan fingerprint density at radius 3 is 2.86 bits per heavy atom. The first-order chi connectivity index (χ1) is 6.64. The smallest absolute Gasteiger partial charge is 0.0639 e. The topological polar surface area (TPSA) is 21.3 Å². The predicted octanol–water partition coefficient (Wildman–Crippen LogP) is 2.31. The summed E-state index contributed by atoms with van der Waals surface area (Å²) in [4.78, 5) is 0. The molecule has 0 aliphatic rings. The molecule has 0 saturated heterocycles. The van der Waals surface area contributed by atoms with Gasteiger partial charge in [-0.3, -0.25) is 0 Å². The van der Waals surface area contributed by atoms with E-state index in [2.05, 4.69) is 36.0 Å². The number of ether oxygens (including phenoxy) is 1. The zero-order chi connectivity index (χ0) is 10.4. The van der Waals surface area contributed by atoms with Gasteiger partial charge in [-0.25, -0.2) is 0 Å². The van der Waals surface area contributed by atoms with Gasteiger partial charge in [-0.2, -0.15) is 11.3 Å². The molecule has 14 heavy (non-hydrogen) atoms. The minimum absolute atomic E-state index is 0.0742. The van der Waals surface area contributed by atoms with Crippen molar-refractivity contribution in [2.45, 2.75) is 25.8 Å². The molecule has 0 spiro atoms. The minimum Gasteiger partial charge on any atom is -0.383 e. The van der Waals surface area contributed by atoms with Crippen molar-refractivity contribution < 1.29 is 4.74 Å². The van der Waals surface area contributed by atoms with Crippen LogP contribution in [-0.2, 0) is 11.2 Å². The van der Waals surface area contributed by atoms with E-state index in [0.29, 0.717) is 0 Å². The van der Waals surface area contributed by atoms with E-state index in [0.717, 1.165) is 19.6 Å². The van der Waals surface area contributed by atoms with E-state index in [4.69, 9.17) is 4.74 Å². The lowest BCUT2D eigenvalue weighted by Crippen LogP contribution is -2.44. The summed E-state index contributed by atoms with van der Waals surface area (Å²) < 4.78 is 5.13. The molecule has 80 valence electrons. The molecule has 0 fully saturated rings. The van der Waals surface area contributed by atoms with Gasteiger partial charge in [0.1, 0.15) is 0 Å². The molecule has 2 nitrogen and oxygen atoms in total. The molecule has 3 heteroatoms. The Hall–Kier alpha value is -0.380. The van der Waals surface area contributed by atoms with Gasteiger partial charge in [0.25, 0.3) is 0 Å². The van der Waals surface area contributed by atoms with Crippen LogP contribution in [0.1, 0.15) is 19.4 Å². The third kappa shape index (κ3) is 4.22. The van der Waals surface area contributed by atoms with E-state index < -0.39 is 0 Å². The third-order valence-corrected chi connectivity index (χ3v) is 2.83. The Bertz CT molecular complexity index is 244. The SMILES string of the molecule is COCC(C)(C)NCCc1ccsc1. The number of methoxy groups -OCH3 is 1. The summed E-state index contributed by atoms with van der Waals surface area (Å²) >= 11 is 1.76. The molecule has 0 radical (unpaired) electrons. The number of thiophene rings is 1. The quantitative estimate of drug-likeness (QED) is 0.783. The van der Waals surface area contributed by atoms with Crippen molar-refractivity contribution >= 4 is 11.3 Å². The van der Waals surface area contributed by atoms with Crippen molar-refractivity contribution in [1.29, 1.82) is 0 Å². The van der Waals surface area contributed by atoms with E-state index in [-0.39, 0.29) is 5.54 Å². The van der Waals surface area contributed by atoms with Crippen LogP contribution >= 0.6 is 11.3 Å². The molecule has 0 bridgehead atoms. The summed E-state index contributed by atoms with van der Waals surface area (Å²) in [7, 11) is 1.74. The van der Waals surface area contributed by atoms with Crippen LogP contribution in [0.25, 0.3) is 0 Å². The van der Waals surface area contributed by atoms with Crippen molar-refractivity contribution in [3.63, 3.8) is 0 Å². The number of nitrogens with one attached hydrogen (secondary N) is 1. The second-order valence-electron chi connectivity index (χ2n) is 4.13. The van der Waals surface area contributed by atoms with Crippen LogP contribution in [0, 0.1) is 0 Å². The first kappa shape index (κ1) is 11.7. The van der Waals surface area contributed by atoms with Crippen molar-refractivity contribution in [2.24, 2.45) is 0 Å². The molecule has 0 aromatic carbocycles. The second kappa shape index (κ2) is 5.49. The van der Waals surface area contributed by atoms with Crippen LogP contribution < -0.4 is 5.32 Å². The Labute approximate surface area is 90.3 Å². The zero-order valence-electron chi connectivity index (χ0n) is 9.17. The molecule has 1 rings (SSSR count).